The molecule has 3 aromatic heterocycles. The standard InChI is InChI=1S/C25H23Cl2F3N8O2S/c1-13-7-15(26)8-17(23(39)32-14(2)12-41-3)21(13)33-24(40)19-9-16(10-37-11-20(34-36-37)25(28,29)30)35-38(19)22-18(27)5-4-6-31-22/h4-9,11,14H,10,12H2,1-3H3,(H,32,39)(H,33,40)/t14-/m0/s1. The number of nitrogens with zero attached hydrogens (tertiary/aromatic N) is 6. The highest BCUT2D eigenvalue weighted by molar-refractivity contribution is 7.98. The molecule has 216 valence electrons. The minimum absolute atomic E-state index is 0.0479. The molecule has 1 aromatic carbocycles. The number of hydrogen-bond acceptors (Lipinski definition) is 7. The van der Waals surface area contributed by atoms with Crippen LogP contribution in [0.15, 0.2) is 42.7 Å². The van der Waals surface area contributed by atoms with Crippen LogP contribution in [0.25, 0.3) is 5.82 Å². The fourth-order valence-corrected chi connectivity index (χ4v) is 4.95. The van der Waals surface area contributed by atoms with Crippen molar-refractivity contribution in [1.29, 1.82) is 0 Å². The van der Waals surface area contributed by atoms with Crippen LogP contribution in [-0.4, -0.2) is 59.6 Å². The predicted octanol–water partition coefficient (Wildman–Crippen LogP) is 5.27. The average Bonchev–Trinajstić information content (AvgIpc) is 3.53. The van der Waals surface area contributed by atoms with Gasteiger partial charge in [-0.05, 0) is 56.0 Å². The Morgan fingerprint density at radius 2 is 1.93 bits per heavy atom. The van der Waals surface area contributed by atoms with Crippen molar-refractivity contribution in [2.75, 3.05) is 17.3 Å². The van der Waals surface area contributed by atoms with E-state index >= 15 is 0 Å². The number of amides is 2. The Labute approximate surface area is 246 Å². The highest BCUT2D eigenvalue weighted by atomic mass is 35.5. The number of carbonyl (C=O) groups is 2. The highest BCUT2D eigenvalue weighted by Crippen LogP contribution is 2.29. The molecule has 0 saturated carbocycles. The second-order valence-electron chi connectivity index (χ2n) is 8.97. The predicted molar refractivity (Wildman–Crippen MR) is 150 cm³/mol. The third-order valence-electron chi connectivity index (χ3n) is 5.66. The molecule has 2 N–H and O–H groups in total. The lowest BCUT2D eigenvalue weighted by Crippen LogP contribution is -2.35. The maximum Gasteiger partial charge on any atom is 0.436 e. The number of rotatable bonds is 9. The van der Waals surface area contributed by atoms with Crippen molar-refractivity contribution < 1.29 is 22.8 Å². The summed E-state index contributed by atoms with van der Waals surface area (Å²) >= 11 is 14.1. The SMILES string of the molecule is CSC[C@H](C)NC(=O)c1cc(Cl)cc(C)c1NC(=O)c1cc(Cn2cc(C(F)(F)F)nn2)nn1-c1ncccc1Cl. The summed E-state index contributed by atoms with van der Waals surface area (Å²) in [6.07, 6.45) is -0.579. The Hall–Kier alpha value is -3.62. The third-order valence-corrected chi connectivity index (χ3v) is 7.01. The van der Waals surface area contributed by atoms with Gasteiger partial charge in [-0.25, -0.2) is 14.3 Å². The molecule has 0 unspecified atom stereocenters. The summed E-state index contributed by atoms with van der Waals surface area (Å²) in [6, 6.07) is 7.39. The molecule has 2 amide bonds. The zero-order valence-electron chi connectivity index (χ0n) is 21.8. The van der Waals surface area contributed by atoms with Crippen molar-refractivity contribution in [2.24, 2.45) is 0 Å². The Morgan fingerprint density at radius 1 is 1.17 bits per heavy atom. The fraction of sp³-hybridized carbons (Fsp3) is 0.280. The fourth-order valence-electron chi connectivity index (χ4n) is 3.89. The van der Waals surface area contributed by atoms with Gasteiger partial charge >= 0.3 is 6.18 Å². The van der Waals surface area contributed by atoms with Crippen LogP contribution in [0, 0.1) is 6.92 Å². The largest absolute Gasteiger partial charge is 0.436 e. The number of aryl methyl sites for hydroxylation is 1. The molecule has 0 aliphatic rings. The number of hydrogen-bond donors (Lipinski definition) is 2. The molecule has 0 fully saturated rings. The summed E-state index contributed by atoms with van der Waals surface area (Å²) in [7, 11) is 0. The van der Waals surface area contributed by atoms with E-state index in [0.29, 0.717) is 16.3 Å². The van der Waals surface area contributed by atoms with E-state index in [9.17, 15) is 22.8 Å². The molecule has 3 heterocycles. The smallest absolute Gasteiger partial charge is 0.349 e. The number of nitrogens with one attached hydrogen (secondary N) is 2. The van der Waals surface area contributed by atoms with Crippen molar-refractivity contribution >= 4 is 52.5 Å². The number of pyridine rings is 1. The highest BCUT2D eigenvalue weighted by Gasteiger charge is 2.34. The van der Waals surface area contributed by atoms with Crippen LogP contribution in [-0.2, 0) is 12.7 Å². The van der Waals surface area contributed by atoms with Crippen molar-refractivity contribution in [1.82, 2.24) is 35.1 Å². The van der Waals surface area contributed by atoms with E-state index in [4.69, 9.17) is 23.2 Å². The van der Waals surface area contributed by atoms with Crippen molar-refractivity contribution in [2.45, 2.75) is 32.6 Å². The summed E-state index contributed by atoms with van der Waals surface area (Å²) in [4.78, 5) is 31.0. The third kappa shape index (κ3) is 7.18. The monoisotopic (exact) mass is 626 g/mol. The lowest BCUT2D eigenvalue weighted by atomic mass is 10.1. The Bertz CT molecular complexity index is 1590. The van der Waals surface area contributed by atoms with Gasteiger partial charge in [-0.2, -0.15) is 30.0 Å². The molecule has 10 nitrogen and oxygen atoms in total. The van der Waals surface area contributed by atoms with Crippen LogP contribution < -0.4 is 10.6 Å². The van der Waals surface area contributed by atoms with E-state index in [0.717, 1.165) is 10.9 Å². The quantitative estimate of drug-likeness (QED) is 0.259. The van der Waals surface area contributed by atoms with E-state index in [-0.39, 0.29) is 46.1 Å². The van der Waals surface area contributed by atoms with E-state index < -0.39 is 23.7 Å². The summed E-state index contributed by atoms with van der Waals surface area (Å²) < 4.78 is 41.1. The van der Waals surface area contributed by atoms with E-state index in [1.807, 2.05) is 13.2 Å². The van der Waals surface area contributed by atoms with Gasteiger partial charge in [0.15, 0.2) is 11.5 Å². The summed E-state index contributed by atoms with van der Waals surface area (Å²) in [5.41, 5.74) is -0.140. The lowest BCUT2D eigenvalue weighted by Gasteiger charge is -2.17. The van der Waals surface area contributed by atoms with Crippen molar-refractivity contribution in [3.8, 4) is 5.82 Å². The maximum absolute atomic E-state index is 13.7. The molecule has 16 heteroatoms. The van der Waals surface area contributed by atoms with Crippen LogP contribution >= 0.6 is 35.0 Å². The van der Waals surface area contributed by atoms with E-state index in [1.54, 1.807) is 36.9 Å². The summed E-state index contributed by atoms with van der Waals surface area (Å²) in [5.74, 6) is -0.328. The van der Waals surface area contributed by atoms with E-state index in [2.05, 4.69) is 31.0 Å². The molecule has 0 bridgehead atoms. The van der Waals surface area contributed by atoms with Gasteiger partial charge in [-0.15, -0.1) is 5.10 Å². The molecular weight excluding hydrogens is 604 g/mol. The number of carbonyl (C=O) groups excluding carboxylic acids is 2. The first-order valence-corrected chi connectivity index (χ1v) is 14.1. The first kappa shape index (κ1) is 30.3. The molecule has 0 spiro atoms. The average molecular weight is 627 g/mol. The minimum Gasteiger partial charge on any atom is -0.349 e. The number of alkyl halides is 3. The Balaban J connectivity index is 1.71. The second kappa shape index (κ2) is 12.5. The molecule has 4 aromatic rings. The summed E-state index contributed by atoms with van der Waals surface area (Å²) in [6.45, 7) is 3.31. The molecule has 0 saturated heterocycles. The molecule has 0 radical (unpaired) electrons. The number of anilines is 1. The number of thioether (sulfide) groups is 1. The molecular formula is C25H23Cl2F3N8O2S. The van der Waals surface area contributed by atoms with Gasteiger partial charge in [0.05, 0.1) is 34.7 Å². The number of benzene rings is 1. The lowest BCUT2D eigenvalue weighted by molar-refractivity contribution is -0.141. The second-order valence-corrected chi connectivity index (χ2v) is 10.7. The van der Waals surface area contributed by atoms with Gasteiger partial charge in [0.1, 0.15) is 5.69 Å². The number of aromatic nitrogens is 6. The topological polar surface area (TPSA) is 120 Å². The maximum atomic E-state index is 13.7. The van der Waals surface area contributed by atoms with Crippen LogP contribution in [0.3, 0.4) is 0 Å². The van der Waals surface area contributed by atoms with Gasteiger partial charge in [-0.1, -0.05) is 28.4 Å². The zero-order valence-corrected chi connectivity index (χ0v) is 24.2. The van der Waals surface area contributed by atoms with Gasteiger partial charge in [0.2, 0.25) is 0 Å². The molecule has 0 aliphatic heterocycles. The molecule has 0 aliphatic carbocycles. The van der Waals surface area contributed by atoms with Crippen molar-refractivity contribution in [3.05, 3.63) is 81.0 Å². The van der Waals surface area contributed by atoms with Crippen molar-refractivity contribution in [3.63, 3.8) is 0 Å². The van der Waals surface area contributed by atoms with E-state index in [1.165, 1.54) is 23.0 Å². The van der Waals surface area contributed by atoms with Gasteiger partial charge in [-0.3, -0.25) is 9.59 Å². The first-order valence-electron chi connectivity index (χ1n) is 12.0. The van der Waals surface area contributed by atoms with Gasteiger partial charge in [0, 0.05) is 23.0 Å². The van der Waals surface area contributed by atoms with Crippen LogP contribution in [0.1, 0.15) is 44.7 Å². The Kier molecular flexibility index (Phi) is 9.24. The van der Waals surface area contributed by atoms with Gasteiger partial charge in [0.25, 0.3) is 11.8 Å². The van der Waals surface area contributed by atoms with Crippen LogP contribution in [0.2, 0.25) is 10.0 Å². The normalized spacial score (nSPS) is 12.3. The molecule has 41 heavy (non-hydrogen) atoms. The van der Waals surface area contributed by atoms with Crippen LogP contribution in [0.4, 0.5) is 18.9 Å². The zero-order chi connectivity index (χ0) is 29.9. The first-order chi connectivity index (χ1) is 19.4. The van der Waals surface area contributed by atoms with Crippen LogP contribution in [0.5, 0.6) is 0 Å². The molecule has 1 atom stereocenters. The summed E-state index contributed by atoms with van der Waals surface area (Å²) in [5, 5.41) is 17.1. The number of halogens is 5. The minimum atomic E-state index is -4.67. The van der Waals surface area contributed by atoms with Gasteiger partial charge < -0.3 is 10.6 Å². The molecule has 4 rings (SSSR count). The Morgan fingerprint density at radius 3 is 2.59 bits per heavy atom.